The smallest absolute Gasteiger partial charge is 0.295 e. The van der Waals surface area contributed by atoms with Gasteiger partial charge in [-0.15, -0.1) is 0 Å². The first-order chi connectivity index (χ1) is 18.1. The molecule has 0 radical (unpaired) electrons. The Labute approximate surface area is 225 Å². The molecule has 1 aliphatic heterocycles. The number of hydrogen-bond donors (Lipinski definition) is 1. The molecule has 206 valence electrons. The number of likely N-dealkylation sites (tertiary alicyclic amines) is 1. The summed E-state index contributed by atoms with van der Waals surface area (Å²) in [5.74, 6) is 0.467. The van der Waals surface area contributed by atoms with E-state index >= 15 is 0 Å². The zero-order valence-corrected chi connectivity index (χ0v) is 23.4. The van der Waals surface area contributed by atoms with Crippen molar-refractivity contribution in [2.75, 3.05) is 34.0 Å². The van der Waals surface area contributed by atoms with E-state index in [4.69, 9.17) is 18.9 Å². The minimum atomic E-state index is -0.800. The second-order valence-electron chi connectivity index (χ2n) is 10.1. The van der Waals surface area contributed by atoms with Gasteiger partial charge in [-0.05, 0) is 74.6 Å². The fourth-order valence-electron chi connectivity index (χ4n) is 4.41. The van der Waals surface area contributed by atoms with Crippen LogP contribution in [0.15, 0.2) is 42.0 Å². The summed E-state index contributed by atoms with van der Waals surface area (Å²) in [5, 5.41) is 11.4. The normalized spacial score (nSPS) is 17.0. The molecule has 0 aliphatic carbocycles. The number of ether oxygens (including phenoxy) is 4. The Bertz CT molecular complexity index is 1190. The molecule has 3 rings (SSSR count). The molecule has 0 aromatic heterocycles. The van der Waals surface area contributed by atoms with Gasteiger partial charge in [0.2, 0.25) is 0 Å². The van der Waals surface area contributed by atoms with Gasteiger partial charge >= 0.3 is 0 Å². The van der Waals surface area contributed by atoms with Crippen molar-refractivity contribution >= 4 is 17.4 Å². The molecule has 1 amide bonds. The summed E-state index contributed by atoms with van der Waals surface area (Å²) in [6.07, 6.45) is 0.470. The fourth-order valence-corrected chi connectivity index (χ4v) is 4.41. The maximum Gasteiger partial charge on any atom is 0.295 e. The first-order valence-electron chi connectivity index (χ1n) is 12.9. The first kappa shape index (κ1) is 29.0. The largest absolute Gasteiger partial charge is 0.507 e. The third kappa shape index (κ3) is 6.48. The minimum Gasteiger partial charge on any atom is -0.507 e. The lowest BCUT2D eigenvalue weighted by Gasteiger charge is -2.26. The molecule has 8 heteroatoms. The van der Waals surface area contributed by atoms with Gasteiger partial charge in [0, 0.05) is 25.8 Å². The average Bonchev–Trinajstić information content (AvgIpc) is 3.12. The number of methoxy groups -OCH3 is 2. The van der Waals surface area contributed by atoms with Crippen molar-refractivity contribution in [1.29, 1.82) is 0 Å². The highest BCUT2D eigenvalue weighted by Crippen LogP contribution is 2.42. The van der Waals surface area contributed by atoms with Crippen LogP contribution in [-0.4, -0.2) is 61.8 Å². The predicted molar refractivity (Wildman–Crippen MR) is 146 cm³/mol. The van der Waals surface area contributed by atoms with Crippen LogP contribution in [0.25, 0.3) is 5.76 Å². The molecule has 2 aromatic carbocycles. The highest BCUT2D eigenvalue weighted by atomic mass is 16.5. The van der Waals surface area contributed by atoms with Crippen LogP contribution in [0.2, 0.25) is 0 Å². The van der Waals surface area contributed by atoms with Crippen LogP contribution in [0, 0.1) is 12.8 Å². The van der Waals surface area contributed by atoms with Gasteiger partial charge < -0.3 is 29.0 Å². The Kier molecular flexibility index (Phi) is 9.80. The van der Waals surface area contributed by atoms with Crippen LogP contribution in [0.4, 0.5) is 0 Å². The quantitative estimate of drug-likeness (QED) is 0.174. The van der Waals surface area contributed by atoms with Crippen molar-refractivity contribution in [2.24, 2.45) is 5.92 Å². The van der Waals surface area contributed by atoms with Crippen molar-refractivity contribution in [1.82, 2.24) is 4.90 Å². The molecule has 38 heavy (non-hydrogen) atoms. The highest BCUT2D eigenvalue weighted by Gasteiger charge is 2.46. The summed E-state index contributed by atoms with van der Waals surface area (Å²) in [7, 11) is 3.12. The molecule has 1 fully saturated rings. The Balaban J connectivity index is 2.11. The number of Topliss-reactive ketones (excluding diaryl/α,β-unsaturated/α-hetero) is 1. The number of rotatable bonds is 12. The van der Waals surface area contributed by atoms with E-state index in [0.29, 0.717) is 53.9 Å². The minimum absolute atomic E-state index is 0.0299. The van der Waals surface area contributed by atoms with Crippen LogP contribution in [0.1, 0.15) is 56.8 Å². The standard InChI is InChI=1S/C30H39NO7/c1-18(2)17-37-23-11-10-22(15-20(23)5)28(32)26-27(31(13-8-14-35-6)30(34)29(26)33)21-9-12-24(38-19(3)4)25(16-21)36-7/h9-12,15-16,18-19,27,32H,8,13-14,17H2,1-7H3/b28-26-. The van der Waals surface area contributed by atoms with E-state index in [-0.39, 0.29) is 24.0 Å². The molecule has 1 saturated heterocycles. The summed E-state index contributed by atoms with van der Waals surface area (Å²) in [6.45, 7) is 11.1. The van der Waals surface area contributed by atoms with Crippen molar-refractivity contribution in [2.45, 2.75) is 53.2 Å². The van der Waals surface area contributed by atoms with E-state index in [9.17, 15) is 14.7 Å². The number of ketones is 1. The topological polar surface area (TPSA) is 94.5 Å². The second kappa shape index (κ2) is 12.8. The lowest BCUT2D eigenvalue weighted by molar-refractivity contribution is -0.140. The van der Waals surface area contributed by atoms with Crippen molar-refractivity contribution in [3.8, 4) is 17.2 Å². The first-order valence-corrected chi connectivity index (χ1v) is 12.9. The molecular weight excluding hydrogens is 486 g/mol. The van der Waals surface area contributed by atoms with Gasteiger partial charge in [0.05, 0.1) is 31.4 Å². The average molecular weight is 526 g/mol. The Morgan fingerprint density at radius 2 is 1.71 bits per heavy atom. The van der Waals surface area contributed by atoms with E-state index in [1.807, 2.05) is 20.8 Å². The van der Waals surface area contributed by atoms with E-state index in [1.54, 1.807) is 43.5 Å². The Morgan fingerprint density at radius 3 is 2.32 bits per heavy atom. The number of benzene rings is 2. The Morgan fingerprint density at radius 1 is 1.00 bits per heavy atom. The summed E-state index contributed by atoms with van der Waals surface area (Å²) >= 11 is 0. The molecule has 1 atom stereocenters. The number of aryl methyl sites for hydroxylation is 1. The third-order valence-electron chi connectivity index (χ3n) is 6.17. The lowest BCUT2D eigenvalue weighted by Crippen LogP contribution is -2.31. The van der Waals surface area contributed by atoms with Crippen molar-refractivity contribution in [3.05, 3.63) is 58.7 Å². The van der Waals surface area contributed by atoms with Crippen LogP contribution in [0.5, 0.6) is 17.2 Å². The van der Waals surface area contributed by atoms with Crippen molar-refractivity contribution in [3.63, 3.8) is 0 Å². The van der Waals surface area contributed by atoms with Gasteiger partial charge in [-0.25, -0.2) is 0 Å². The molecule has 1 aliphatic rings. The van der Waals surface area contributed by atoms with Gasteiger partial charge in [0.25, 0.3) is 11.7 Å². The summed E-state index contributed by atoms with van der Waals surface area (Å²) in [5.41, 5.74) is 1.91. The maximum atomic E-state index is 13.3. The molecule has 1 unspecified atom stereocenters. The third-order valence-corrected chi connectivity index (χ3v) is 6.17. The van der Waals surface area contributed by atoms with E-state index in [2.05, 4.69) is 13.8 Å². The molecule has 0 saturated carbocycles. The number of carbonyl (C=O) groups excluding carboxylic acids is 2. The second-order valence-corrected chi connectivity index (χ2v) is 10.1. The zero-order chi connectivity index (χ0) is 28.0. The molecule has 1 heterocycles. The van der Waals surface area contributed by atoms with E-state index in [1.165, 1.54) is 12.0 Å². The van der Waals surface area contributed by atoms with Crippen LogP contribution < -0.4 is 14.2 Å². The Hall–Kier alpha value is -3.52. The van der Waals surface area contributed by atoms with E-state index in [0.717, 1.165) is 5.56 Å². The monoisotopic (exact) mass is 525 g/mol. The van der Waals surface area contributed by atoms with E-state index < -0.39 is 17.7 Å². The number of aliphatic hydroxyl groups is 1. The number of hydrogen-bond acceptors (Lipinski definition) is 7. The van der Waals surface area contributed by atoms with Gasteiger partial charge in [-0.1, -0.05) is 19.9 Å². The van der Waals surface area contributed by atoms with Crippen molar-refractivity contribution < 1.29 is 33.6 Å². The highest BCUT2D eigenvalue weighted by molar-refractivity contribution is 6.46. The molecule has 1 N–H and O–H groups in total. The summed E-state index contributed by atoms with van der Waals surface area (Å²) in [6, 6.07) is 9.74. The number of nitrogens with zero attached hydrogens (tertiary/aromatic N) is 1. The fraction of sp³-hybridized carbons (Fsp3) is 0.467. The van der Waals surface area contributed by atoms with Crippen LogP contribution in [-0.2, 0) is 14.3 Å². The zero-order valence-electron chi connectivity index (χ0n) is 23.4. The van der Waals surface area contributed by atoms with Crippen LogP contribution >= 0.6 is 0 Å². The predicted octanol–water partition coefficient (Wildman–Crippen LogP) is 5.28. The van der Waals surface area contributed by atoms with Crippen LogP contribution in [0.3, 0.4) is 0 Å². The molecule has 0 spiro atoms. The van der Waals surface area contributed by atoms with Gasteiger partial charge in [-0.2, -0.15) is 0 Å². The number of aliphatic hydroxyl groups excluding tert-OH is 1. The summed E-state index contributed by atoms with van der Waals surface area (Å²) in [4.78, 5) is 28.0. The molecular formula is C30H39NO7. The van der Waals surface area contributed by atoms with Gasteiger partial charge in [0.1, 0.15) is 11.5 Å². The number of carbonyl (C=O) groups is 2. The molecule has 0 bridgehead atoms. The number of amides is 1. The summed E-state index contributed by atoms with van der Waals surface area (Å²) < 4.78 is 22.4. The lowest BCUT2D eigenvalue weighted by atomic mass is 9.94. The molecule has 2 aromatic rings. The molecule has 8 nitrogen and oxygen atoms in total. The maximum absolute atomic E-state index is 13.3. The SMILES string of the molecule is COCCCN1C(=O)C(=O)/C(=C(\O)c2ccc(OCC(C)C)c(C)c2)C1c1ccc(OC(C)C)c(OC)c1. The van der Waals surface area contributed by atoms with Gasteiger partial charge in [0.15, 0.2) is 11.5 Å². The van der Waals surface area contributed by atoms with Gasteiger partial charge in [-0.3, -0.25) is 9.59 Å².